The molecule has 1 unspecified atom stereocenters. The molecule has 37 heavy (non-hydrogen) atoms. The van der Waals surface area contributed by atoms with Gasteiger partial charge in [0.2, 0.25) is 0 Å². The highest BCUT2D eigenvalue weighted by Gasteiger charge is 2.45. The van der Waals surface area contributed by atoms with Gasteiger partial charge in [0.05, 0.1) is 11.6 Å². The minimum absolute atomic E-state index is 0.251. The standard InChI is InChI=1S/C33H32N4/c1-22-15-25-16-23(2)19-33(18-22,20-25)29-10-6-9-28(17-29)32-36-30(26-7-4-3-5-8-26)35-31(37-32)27-13-11-24(21-34)12-14-27/h3-14,17,22-23,25H,15-16,18-20H2,1-2H3/t22-,23+,25-,33?. The normalized spacial score (nSPS) is 24.8. The summed E-state index contributed by atoms with van der Waals surface area (Å²) in [5.74, 6) is 4.33. The number of benzene rings is 3. The summed E-state index contributed by atoms with van der Waals surface area (Å²) in [6, 6.07) is 28.7. The van der Waals surface area contributed by atoms with Crippen LogP contribution in [0.25, 0.3) is 34.2 Å². The summed E-state index contributed by atoms with van der Waals surface area (Å²) >= 11 is 0. The Bertz CT molecular complexity index is 1430. The van der Waals surface area contributed by atoms with Gasteiger partial charge in [0.15, 0.2) is 17.5 Å². The number of nitriles is 1. The highest BCUT2D eigenvalue weighted by Crippen LogP contribution is 2.54. The average molecular weight is 485 g/mol. The molecule has 0 radical (unpaired) electrons. The molecule has 0 saturated heterocycles. The van der Waals surface area contributed by atoms with E-state index in [1.807, 2.05) is 54.6 Å². The number of hydrogen-bond acceptors (Lipinski definition) is 4. The molecule has 2 bridgehead atoms. The van der Waals surface area contributed by atoms with Crippen molar-refractivity contribution in [3.05, 3.63) is 90.0 Å². The van der Waals surface area contributed by atoms with Gasteiger partial charge in [-0.25, -0.2) is 15.0 Å². The van der Waals surface area contributed by atoms with E-state index >= 15 is 0 Å². The van der Waals surface area contributed by atoms with E-state index in [4.69, 9.17) is 15.0 Å². The number of aromatic nitrogens is 3. The lowest BCUT2D eigenvalue weighted by Crippen LogP contribution is -2.42. The van der Waals surface area contributed by atoms with Crippen molar-refractivity contribution in [1.29, 1.82) is 5.26 Å². The highest BCUT2D eigenvalue weighted by molar-refractivity contribution is 5.67. The largest absolute Gasteiger partial charge is 0.208 e. The molecular weight excluding hydrogens is 452 g/mol. The van der Waals surface area contributed by atoms with E-state index in [2.05, 4.69) is 44.2 Å². The molecule has 4 aromatic rings. The fraction of sp³-hybridized carbons (Fsp3) is 0.333. The van der Waals surface area contributed by atoms with Gasteiger partial charge in [0.1, 0.15) is 0 Å². The molecule has 2 aliphatic rings. The van der Waals surface area contributed by atoms with E-state index in [1.54, 1.807) is 0 Å². The number of rotatable bonds is 4. The molecule has 4 nitrogen and oxygen atoms in total. The molecule has 0 N–H and O–H groups in total. The van der Waals surface area contributed by atoms with Crippen molar-refractivity contribution in [2.75, 3.05) is 0 Å². The first-order valence-electron chi connectivity index (χ1n) is 13.4. The van der Waals surface area contributed by atoms with Crippen molar-refractivity contribution in [1.82, 2.24) is 15.0 Å². The maximum atomic E-state index is 9.22. The minimum Gasteiger partial charge on any atom is -0.208 e. The summed E-state index contributed by atoms with van der Waals surface area (Å²) < 4.78 is 0. The molecule has 2 fully saturated rings. The van der Waals surface area contributed by atoms with E-state index in [-0.39, 0.29) is 5.41 Å². The van der Waals surface area contributed by atoms with E-state index in [1.165, 1.54) is 37.7 Å². The molecule has 2 saturated carbocycles. The Morgan fingerprint density at radius 1 is 0.676 bits per heavy atom. The van der Waals surface area contributed by atoms with Gasteiger partial charge in [0.25, 0.3) is 0 Å². The molecule has 4 atom stereocenters. The second-order valence-corrected chi connectivity index (χ2v) is 11.4. The lowest BCUT2D eigenvalue weighted by atomic mass is 9.54. The van der Waals surface area contributed by atoms with E-state index in [0.717, 1.165) is 34.4 Å². The third-order valence-corrected chi connectivity index (χ3v) is 8.30. The first-order valence-corrected chi connectivity index (χ1v) is 13.4. The molecule has 1 heterocycles. The van der Waals surface area contributed by atoms with Gasteiger partial charge in [-0.2, -0.15) is 5.26 Å². The number of nitrogens with zero attached hydrogens (tertiary/aromatic N) is 4. The molecule has 1 aromatic heterocycles. The Kier molecular flexibility index (Phi) is 6.08. The van der Waals surface area contributed by atoms with Crippen LogP contribution in [0.5, 0.6) is 0 Å². The molecule has 0 aliphatic heterocycles. The van der Waals surface area contributed by atoms with Gasteiger partial charge >= 0.3 is 0 Å². The Labute approximate surface area is 219 Å². The van der Waals surface area contributed by atoms with Crippen LogP contribution in [0, 0.1) is 29.1 Å². The van der Waals surface area contributed by atoms with Gasteiger partial charge in [-0.15, -0.1) is 0 Å². The summed E-state index contributed by atoms with van der Waals surface area (Å²) in [5, 5.41) is 9.22. The smallest absolute Gasteiger partial charge is 0.164 e. The maximum Gasteiger partial charge on any atom is 0.164 e. The van der Waals surface area contributed by atoms with E-state index in [9.17, 15) is 5.26 Å². The van der Waals surface area contributed by atoms with Gasteiger partial charge in [-0.05, 0) is 91.2 Å². The zero-order chi connectivity index (χ0) is 25.4. The summed E-state index contributed by atoms with van der Waals surface area (Å²) in [7, 11) is 0. The maximum absolute atomic E-state index is 9.22. The van der Waals surface area contributed by atoms with Crippen LogP contribution in [0.1, 0.15) is 57.1 Å². The van der Waals surface area contributed by atoms with Crippen molar-refractivity contribution in [3.8, 4) is 40.2 Å². The summed E-state index contributed by atoms with van der Waals surface area (Å²) in [4.78, 5) is 14.7. The molecule has 184 valence electrons. The minimum atomic E-state index is 0.251. The molecule has 0 spiro atoms. The fourth-order valence-corrected chi connectivity index (χ4v) is 7.09. The van der Waals surface area contributed by atoms with Crippen LogP contribution in [0.4, 0.5) is 0 Å². The second-order valence-electron chi connectivity index (χ2n) is 11.4. The SMILES string of the molecule is C[C@@H]1C[C@@H]2C[C@H](C)CC(c3cccc(-c4nc(-c5ccccc5)nc(-c5ccc(C#N)cc5)n4)c3)(C1)C2. The Balaban J connectivity index is 1.46. The van der Waals surface area contributed by atoms with Crippen LogP contribution in [-0.2, 0) is 5.41 Å². The lowest BCUT2D eigenvalue weighted by molar-refractivity contribution is 0.0780. The van der Waals surface area contributed by atoms with Gasteiger partial charge in [0, 0.05) is 16.7 Å². The van der Waals surface area contributed by atoms with Crippen molar-refractivity contribution in [3.63, 3.8) is 0 Å². The summed E-state index contributed by atoms with van der Waals surface area (Å²) in [6.07, 6.45) is 6.57. The molecule has 2 aliphatic carbocycles. The van der Waals surface area contributed by atoms with Gasteiger partial charge in [-0.1, -0.05) is 62.4 Å². The molecule has 4 heteroatoms. The van der Waals surface area contributed by atoms with Gasteiger partial charge < -0.3 is 0 Å². The molecular formula is C33H32N4. The molecule has 6 rings (SSSR count). The molecule has 3 aromatic carbocycles. The second kappa shape index (κ2) is 9.56. The van der Waals surface area contributed by atoms with Crippen LogP contribution < -0.4 is 0 Å². The van der Waals surface area contributed by atoms with Crippen molar-refractivity contribution >= 4 is 0 Å². The third-order valence-electron chi connectivity index (χ3n) is 8.30. The highest BCUT2D eigenvalue weighted by atomic mass is 15.0. The Morgan fingerprint density at radius 3 is 1.86 bits per heavy atom. The van der Waals surface area contributed by atoms with Crippen LogP contribution in [0.15, 0.2) is 78.9 Å². The van der Waals surface area contributed by atoms with Crippen molar-refractivity contribution < 1.29 is 0 Å². The Hall–Kier alpha value is -3.84. The monoisotopic (exact) mass is 484 g/mol. The average Bonchev–Trinajstić information content (AvgIpc) is 2.92. The first kappa shape index (κ1) is 23.6. The third kappa shape index (κ3) is 4.67. The van der Waals surface area contributed by atoms with Crippen LogP contribution >= 0.6 is 0 Å². The van der Waals surface area contributed by atoms with E-state index < -0.39 is 0 Å². The van der Waals surface area contributed by atoms with Crippen LogP contribution in [0.3, 0.4) is 0 Å². The summed E-state index contributed by atoms with van der Waals surface area (Å²) in [5.41, 5.74) is 5.18. The zero-order valence-corrected chi connectivity index (χ0v) is 21.6. The number of fused-ring (bicyclic) bond motifs is 2. The molecule has 0 amide bonds. The van der Waals surface area contributed by atoms with Crippen molar-refractivity contribution in [2.24, 2.45) is 17.8 Å². The first-order chi connectivity index (χ1) is 18.0. The Morgan fingerprint density at radius 2 is 1.24 bits per heavy atom. The predicted octanol–water partition coefficient (Wildman–Crippen LogP) is 7.85. The number of hydrogen-bond donors (Lipinski definition) is 0. The topological polar surface area (TPSA) is 62.5 Å². The van der Waals surface area contributed by atoms with Crippen molar-refractivity contribution in [2.45, 2.75) is 51.4 Å². The van der Waals surface area contributed by atoms with E-state index in [0.29, 0.717) is 23.0 Å². The lowest BCUT2D eigenvalue weighted by Gasteiger charge is -2.50. The summed E-state index contributed by atoms with van der Waals surface area (Å²) in [6.45, 7) is 4.87. The quantitative estimate of drug-likeness (QED) is 0.296. The van der Waals surface area contributed by atoms with Crippen LogP contribution in [-0.4, -0.2) is 15.0 Å². The van der Waals surface area contributed by atoms with Gasteiger partial charge in [-0.3, -0.25) is 0 Å². The fourth-order valence-electron chi connectivity index (χ4n) is 7.09. The van der Waals surface area contributed by atoms with Crippen LogP contribution in [0.2, 0.25) is 0 Å². The predicted molar refractivity (Wildman–Crippen MR) is 147 cm³/mol. The zero-order valence-electron chi connectivity index (χ0n) is 21.6.